The second-order valence-electron chi connectivity index (χ2n) is 5.48. The smallest absolute Gasteiger partial charge is 0.155 e. The Labute approximate surface area is 86.6 Å². The van der Waals surface area contributed by atoms with Crippen LogP contribution in [0.1, 0.15) is 46.0 Å². The number of ketones is 1. The van der Waals surface area contributed by atoms with E-state index >= 15 is 0 Å². The van der Waals surface area contributed by atoms with Crippen molar-refractivity contribution in [2.24, 2.45) is 17.3 Å². The zero-order valence-corrected chi connectivity index (χ0v) is 9.25. The molecule has 2 aliphatic carbocycles. The average Bonchev–Trinajstić information content (AvgIpc) is 2.62. The second kappa shape index (κ2) is 3.52. The van der Waals surface area contributed by atoms with Gasteiger partial charge in [-0.05, 0) is 23.3 Å². The quantitative estimate of drug-likeness (QED) is 0.622. The van der Waals surface area contributed by atoms with Crippen LogP contribution in [0, 0.1) is 17.3 Å². The molecule has 0 aliphatic heterocycles. The highest BCUT2D eigenvalue weighted by molar-refractivity contribution is 5.90. The first-order valence-electron chi connectivity index (χ1n) is 5.82. The van der Waals surface area contributed by atoms with E-state index in [-0.39, 0.29) is 5.41 Å². The summed E-state index contributed by atoms with van der Waals surface area (Å²) in [5.41, 5.74) is 0.239. The minimum absolute atomic E-state index is 0.239. The minimum atomic E-state index is 0.239. The van der Waals surface area contributed by atoms with Gasteiger partial charge in [0.1, 0.15) is 0 Å². The summed E-state index contributed by atoms with van der Waals surface area (Å²) in [7, 11) is 0. The zero-order valence-electron chi connectivity index (χ0n) is 9.25. The molecule has 2 aliphatic rings. The Balaban J connectivity index is 2.16. The van der Waals surface area contributed by atoms with Crippen molar-refractivity contribution in [3.63, 3.8) is 0 Å². The van der Waals surface area contributed by atoms with Crippen LogP contribution in [0.15, 0.2) is 12.2 Å². The molecular weight excluding hydrogens is 172 g/mol. The van der Waals surface area contributed by atoms with Crippen LogP contribution in [-0.4, -0.2) is 5.78 Å². The van der Waals surface area contributed by atoms with Crippen molar-refractivity contribution in [1.82, 2.24) is 0 Å². The molecule has 0 saturated heterocycles. The molecule has 1 unspecified atom stereocenters. The van der Waals surface area contributed by atoms with Crippen molar-refractivity contribution in [3.05, 3.63) is 12.2 Å². The molecule has 1 atom stereocenters. The summed E-state index contributed by atoms with van der Waals surface area (Å²) in [6.07, 6.45) is 10.1. The van der Waals surface area contributed by atoms with Crippen molar-refractivity contribution in [2.75, 3.05) is 0 Å². The van der Waals surface area contributed by atoms with Crippen molar-refractivity contribution in [2.45, 2.75) is 46.0 Å². The Hall–Kier alpha value is -0.590. The summed E-state index contributed by atoms with van der Waals surface area (Å²) in [6, 6.07) is 0. The number of carbonyl (C=O) groups is 1. The van der Waals surface area contributed by atoms with Gasteiger partial charge in [-0.2, -0.15) is 0 Å². The Morgan fingerprint density at radius 3 is 2.57 bits per heavy atom. The van der Waals surface area contributed by atoms with Crippen LogP contribution >= 0.6 is 0 Å². The number of allylic oxidation sites excluding steroid dienone is 2. The van der Waals surface area contributed by atoms with E-state index in [0.717, 1.165) is 12.3 Å². The molecule has 0 radical (unpaired) electrons. The molecule has 1 heteroatoms. The number of hydrogen-bond acceptors (Lipinski definition) is 1. The topological polar surface area (TPSA) is 17.1 Å². The molecule has 0 amide bonds. The van der Waals surface area contributed by atoms with Crippen LogP contribution in [0.2, 0.25) is 0 Å². The van der Waals surface area contributed by atoms with Gasteiger partial charge in [0.05, 0.1) is 0 Å². The first-order chi connectivity index (χ1) is 6.59. The maximum absolute atomic E-state index is 11.4. The normalized spacial score (nSPS) is 32.4. The van der Waals surface area contributed by atoms with Crippen LogP contribution in [0.3, 0.4) is 0 Å². The van der Waals surface area contributed by atoms with E-state index in [9.17, 15) is 4.79 Å². The van der Waals surface area contributed by atoms with E-state index in [1.807, 2.05) is 0 Å². The molecule has 0 spiro atoms. The lowest BCUT2D eigenvalue weighted by molar-refractivity contribution is -0.117. The van der Waals surface area contributed by atoms with Gasteiger partial charge in [0, 0.05) is 6.42 Å². The summed E-state index contributed by atoms with van der Waals surface area (Å²) >= 11 is 0. The lowest BCUT2D eigenvalue weighted by Crippen LogP contribution is -2.32. The van der Waals surface area contributed by atoms with Gasteiger partial charge in [-0.1, -0.05) is 45.6 Å². The van der Waals surface area contributed by atoms with E-state index in [1.165, 1.54) is 25.7 Å². The maximum atomic E-state index is 11.4. The van der Waals surface area contributed by atoms with Crippen LogP contribution in [0.4, 0.5) is 0 Å². The first kappa shape index (κ1) is 9.95. The van der Waals surface area contributed by atoms with Crippen LogP contribution in [0.5, 0.6) is 0 Å². The van der Waals surface area contributed by atoms with Gasteiger partial charge < -0.3 is 0 Å². The number of rotatable bonds is 1. The molecule has 0 N–H and O–H groups in total. The lowest BCUT2D eigenvalue weighted by atomic mass is 9.66. The van der Waals surface area contributed by atoms with Gasteiger partial charge in [0.15, 0.2) is 5.78 Å². The largest absolute Gasteiger partial charge is 0.295 e. The van der Waals surface area contributed by atoms with E-state index < -0.39 is 0 Å². The van der Waals surface area contributed by atoms with Crippen molar-refractivity contribution >= 4 is 5.78 Å². The van der Waals surface area contributed by atoms with Gasteiger partial charge in [-0.3, -0.25) is 4.79 Å². The third-order valence-corrected chi connectivity index (χ3v) is 4.04. The fourth-order valence-corrected chi connectivity index (χ4v) is 3.11. The summed E-state index contributed by atoms with van der Waals surface area (Å²) in [5, 5.41) is 0. The summed E-state index contributed by atoms with van der Waals surface area (Å²) in [4.78, 5) is 11.4. The minimum Gasteiger partial charge on any atom is -0.295 e. The monoisotopic (exact) mass is 192 g/mol. The predicted molar refractivity (Wildman–Crippen MR) is 58.0 cm³/mol. The molecule has 1 fully saturated rings. The average molecular weight is 192 g/mol. The summed E-state index contributed by atoms with van der Waals surface area (Å²) in [5.74, 6) is 1.74. The summed E-state index contributed by atoms with van der Waals surface area (Å²) < 4.78 is 0. The lowest BCUT2D eigenvalue weighted by Gasteiger charge is -2.38. The van der Waals surface area contributed by atoms with E-state index in [1.54, 1.807) is 6.08 Å². The van der Waals surface area contributed by atoms with Gasteiger partial charge in [0.2, 0.25) is 0 Å². The SMILES string of the molecule is CC1(C)C=CC(=O)CC1C1CCCC1. The van der Waals surface area contributed by atoms with E-state index in [4.69, 9.17) is 0 Å². The van der Waals surface area contributed by atoms with Crippen LogP contribution < -0.4 is 0 Å². The fourth-order valence-electron chi connectivity index (χ4n) is 3.11. The van der Waals surface area contributed by atoms with Crippen molar-refractivity contribution in [1.29, 1.82) is 0 Å². The Morgan fingerprint density at radius 2 is 1.93 bits per heavy atom. The van der Waals surface area contributed by atoms with Gasteiger partial charge in [0.25, 0.3) is 0 Å². The molecule has 0 aromatic carbocycles. The standard InChI is InChI=1S/C13H20O/c1-13(2)8-7-11(14)9-12(13)10-5-3-4-6-10/h7-8,10,12H,3-6,9H2,1-2H3. The molecule has 1 saturated carbocycles. The highest BCUT2D eigenvalue weighted by Crippen LogP contribution is 2.45. The Kier molecular flexibility index (Phi) is 2.50. The predicted octanol–water partition coefficient (Wildman–Crippen LogP) is 3.35. The fraction of sp³-hybridized carbons (Fsp3) is 0.769. The van der Waals surface area contributed by atoms with Gasteiger partial charge in [-0.25, -0.2) is 0 Å². The van der Waals surface area contributed by atoms with Crippen molar-refractivity contribution in [3.8, 4) is 0 Å². The zero-order chi connectivity index (χ0) is 10.2. The number of carbonyl (C=O) groups excluding carboxylic acids is 1. The second-order valence-corrected chi connectivity index (χ2v) is 5.48. The third kappa shape index (κ3) is 1.77. The molecule has 14 heavy (non-hydrogen) atoms. The molecular formula is C13H20O. The summed E-state index contributed by atoms with van der Waals surface area (Å²) in [6.45, 7) is 4.55. The molecule has 0 aromatic rings. The van der Waals surface area contributed by atoms with Gasteiger partial charge in [-0.15, -0.1) is 0 Å². The highest BCUT2D eigenvalue weighted by Gasteiger charge is 2.38. The van der Waals surface area contributed by atoms with E-state index in [2.05, 4.69) is 19.9 Å². The molecule has 78 valence electrons. The molecule has 0 aromatic heterocycles. The molecule has 1 nitrogen and oxygen atoms in total. The van der Waals surface area contributed by atoms with Crippen LogP contribution in [0.25, 0.3) is 0 Å². The Morgan fingerprint density at radius 1 is 1.29 bits per heavy atom. The maximum Gasteiger partial charge on any atom is 0.155 e. The van der Waals surface area contributed by atoms with Crippen molar-refractivity contribution < 1.29 is 4.79 Å². The van der Waals surface area contributed by atoms with Crippen LogP contribution in [-0.2, 0) is 4.79 Å². The Bertz CT molecular complexity index is 256. The molecule has 0 bridgehead atoms. The third-order valence-electron chi connectivity index (χ3n) is 4.04. The first-order valence-corrected chi connectivity index (χ1v) is 5.82. The molecule has 2 rings (SSSR count). The molecule has 0 heterocycles. The van der Waals surface area contributed by atoms with E-state index in [0.29, 0.717) is 11.7 Å². The van der Waals surface area contributed by atoms with Gasteiger partial charge >= 0.3 is 0 Å². The highest BCUT2D eigenvalue weighted by atomic mass is 16.1. The number of hydrogen-bond donors (Lipinski definition) is 0.